The first kappa shape index (κ1) is 17.0. The van der Waals surface area contributed by atoms with E-state index in [1.807, 2.05) is 0 Å². The number of methoxy groups -OCH3 is 1. The van der Waals surface area contributed by atoms with Crippen LogP contribution in [0.5, 0.6) is 5.75 Å². The van der Waals surface area contributed by atoms with Gasteiger partial charge in [-0.2, -0.15) is 0 Å². The third-order valence-corrected chi connectivity index (χ3v) is 4.18. The van der Waals surface area contributed by atoms with Crippen molar-refractivity contribution in [3.05, 3.63) is 28.8 Å². The van der Waals surface area contributed by atoms with Gasteiger partial charge in [0.1, 0.15) is 5.75 Å². The van der Waals surface area contributed by atoms with Crippen molar-refractivity contribution in [2.24, 2.45) is 5.73 Å². The Kier molecular flexibility index (Phi) is 7.68. The van der Waals surface area contributed by atoms with Gasteiger partial charge in [-0.05, 0) is 31.4 Å². The first-order chi connectivity index (χ1) is 9.61. The minimum absolute atomic E-state index is 0.0930. The van der Waals surface area contributed by atoms with Gasteiger partial charge in [-0.3, -0.25) is 0 Å². The molecule has 1 atom stereocenters. The molecule has 2 nitrogen and oxygen atoms in total. The van der Waals surface area contributed by atoms with Crippen LogP contribution < -0.4 is 10.5 Å². The van der Waals surface area contributed by atoms with Gasteiger partial charge in [-0.15, -0.1) is 0 Å². The minimum atomic E-state index is 0.0930. The van der Waals surface area contributed by atoms with Crippen LogP contribution in [0, 0.1) is 13.8 Å². The molecule has 0 bridgehead atoms. The molecule has 0 aliphatic carbocycles. The zero-order valence-corrected chi connectivity index (χ0v) is 13.7. The van der Waals surface area contributed by atoms with E-state index in [0.29, 0.717) is 0 Å². The highest BCUT2D eigenvalue weighted by Crippen LogP contribution is 2.32. The summed E-state index contributed by atoms with van der Waals surface area (Å²) in [7, 11) is 1.74. The van der Waals surface area contributed by atoms with Crippen LogP contribution in [0.2, 0.25) is 0 Å². The molecule has 0 amide bonds. The van der Waals surface area contributed by atoms with E-state index in [2.05, 4.69) is 32.9 Å². The van der Waals surface area contributed by atoms with Crippen LogP contribution in [-0.4, -0.2) is 7.11 Å². The molecule has 0 saturated carbocycles. The summed E-state index contributed by atoms with van der Waals surface area (Å²) in [6.45, 7) is 6.47. The molecule has 0 heterocycles. The number of hydrogen-bond acceptors (Lipinski definition) is 2. The third-order valence-electron chi connectivity index (χ3n) is 4.18. The van der Waals surface area contributed by atoms with Crippen molar-refractivity contribution in [3.63, 3.8) is 0 Å². The predicted molar refractivity (Wildman–Crippen MR) is 87.4 cm³/mol. The Morgan fingerprint density at radius 3 is 2.35 bits per heavy atom. The summed E-state index contributed by atoms with van der Waals surface area (Å²) in [6, 6.07) is 4.37. The van der Waals surface area contributed by atoms with Gasteiger partial charge >= 0.3 is 0 Å². The topological polar surface area (TPSA) is 35.2 Å². The number of rotatable bonds is 9. The Morgan fingerprint density at radius 2 is 1.70 bits per heavy atom. The third kappa shape index (κ3) is 4.82. The molecule has 1 aromatic carbocycles. The van der Waals surface area contributed by atoms with E-state index in [0.717, 1.165) is 17.7 Å². The van der Waals surface area contributed by atoms with Crippen LogP contribution in [0.3, 0.4) is 0 Å². The fraction of sp³-hybridized carbons (Fsp3) is 0.667. The molecule has 0 aliphatic heterocycles. The van der Waals surface area contributed by atoms with Crippen molar-refractivity contribution in [1.29, 1.82) is 0 Å². The molecule has 0 radical (unpaired) electrons. The summed E-state index contributed by atoms with van der Waals surface area (Å²) in [4.78, 5) is 0. The lowest BCUT2D eigenvalue weighted by Gasteiger charge is -2.18. The highest BCUT2D eigenvalue weighted by molar-refractivity contribution is 5.46. The lowest BCUT2D eigenvalue weighted by Crippen LogP contribution is -2.12. The lowest BCUT2D eigenvalue weighted by atomic mass is 9.96. The average molecular weight is 277 g/mol. The fourth-order valence-electron chi connectivity index (χ4n) is 2.67. The maximum atomic E-state index is 6.35. The van der Waals surface area contributed by atoms with Crippen molar-refractivity contribution < 1.29 is 4.74 Å². The van der Waals surface area contributed by atoms with E-state index in [9.17, 15) is 0 Å². The van der Waals surface area contributed by atoms with Gasteiger partial charge in [0.25, 0.3) is 0 Å². The number of nitrogens with two attached hydrogens (primary N) is 1. The van der Waals surface area contributed by atoms with Crippen molar-refractivity contribution in [3.8, 4) is 5.75 Å². The molecule has 1 aromatic rings. The Hall–Kier alpha value is -1.02. The monoisotopic (exact) mass is 277 g/mol. The van der Waals surface area contributed by atoms with Crippen LogP contribution in [0.4, 0.5) is 0 Å². The molecular formula is C18H31NO. The first-order valence-corrected chi connectivity index (χ1v) is 8.01. The first-order valence-electron chi connectivity index (χ1n) is 8.01. The van der Waals surface area contributed by atoms with Crippen LogP contribution >= 0.6 is 0 Å². The summed E-state index contributed by atoms with van der Waals surface area (Å²) < 4.78 is 5.56. The van der Waals surface area contributed by atoms with Crippen LogP contribution in [0.1, 0.15) is 74.6 Å². The van der Waals surface area contributed by atoms with Gasteiger partial charge < -0.3 is 10.5 Å². The van der Waals surface area contributed by atoms with E-state index in [4.69, 9.17) is 10.5 Å². The van der Waals surface area contributed by atoms with Gasteiger partial charge in [0.15, 0.2) is 0 Å². The number of aryl methyl sites for hydroxylation is 1. The van der Waals surface area contributed by atoms with Gasteiger partial charge in [-0.1, -0.05) is 57.6 Å². The average Bonchev–Trinajstić information content (AvgIpc) is 2.45. The van der Waals surface area contributed by atoms with E-state index in [1.165, 1.54) is 49.7 Å². The number of unbranched alkanes of at least 4 members (excludes halogenated alkanes) is 5. The Morgan fingerprint density at radius 1 is 1.05 bits per heavy atom. The smallest absolute Gasteiger partial charge is 0.126 e. The maximum Gasteiger partial charge on any atom is 0.126 e. The summed E-state index contributed by atoms with van der Waals surface area (Å²) >= 11 is 0. The Labute approximate surface area is 124 Å². The number of benzene rings is 1. The van der Waals surface area contributed by atoms with Crippen LogP contribution in [-0.2, 0) is 0 Å². The molecule has 0 aliphatic rings. The highest BCUT2D eigenvalue weighted by atomic mass is 16.5. The predicted octanol–water partition coefficient (Wildman–Crippen LogP) is 5.06. The molecule has 0 spiro atoms. The fourth-order valence-corrected chi connectivity index (χ4v) is 2.67. The quantitative estimate of drug-likeness (QED) is 0.640. The Balaban J connectivity index is 2.51. The molecule has 0 aromatic heterocycles. The summed E-state index contributed by atoms with van der Waals surface area (Å²) in [6.07, 6.45) is 8.91. The van der Waals surface area contributed by atoms with E-state index in [-0.39, 0.29) is 6.04 Å². The summed E-state index contributed by atoms with van der Waals surface area (Å²) in [5.41, 5.74) is 9.98. The second-order valence-electron chi connectivity index (χ2n) is 5.79. The number of ether oxygens (including phenoxy) is 1. The van der Waals surface area contributed by atoms with E-state index >= 15 is 0 Å². The van der Waals surface area contributed by atoms with Gasteiger partial charge in [-0.25, -0.2) is 0 Å². The van der Waals surface area contributed by atoms with E-state index < -0.39 is 0 Å². The van der Waals surface area contributed by atoms with Gasteiger partial charge in [0.2, 0.25) is 0 Å². The molecule has 0 fully saturated rings. The van der Waals surface area contributed by atoms with Crippen molar-refractivity contribution in [2.45, 2.75) is 71.8 Å². The molecule has 1 rings (SSSR count). The maximum absolute atomic E-state index is 6.35. The second kappa shape index (κ2) is 9.02. The zero-order valence-electron chi connectivity index (χ0n) is 13.7. The SMILES string of the molecule is CCCCCCCCC(N)c1ccc(C)c(C)c1OC. The molecule has 2 heteroatoms. The normalized spacial score (nSPS) is 12.4. The van der Waals surface area contributed by atoms with Crippen molar-refractivity contribution in [1.82, 2.24) is 0 Å². The van der Waals surface area contributed by atoms with Crippen LogP contribution in [0.25, 0.3) is 0 Å². The molecule has 114 valence electrons. The molecular weight excluding hydrogens is 246 g/mol. The van der Waals surface area contributed by atoms with Crippen LogP contribution in [0.15, 0.2) is 12.1 Å². The van der Waals surface area contributed by atoms with E-state index in [1.54, 1.807) is 7.11 Å². The molecule has 2 N–H and O–H groups in total. The van der Waals surface area contributed by atoms with Crippen molar-refractivity contribution >= 4 is 0 Å². The molecule has 0 saturated heterocycles. The number of hydrogen-bond donors (Lipinski definition) is 1. The van der Waals surface area contributed by atoms with Gasteiger partial charge in [0, 0.05) is 11.6 Å². The largest absolute Gasteiger partial charge is 0.496 e. The molecule has 20 heavy (non-hydrogen) atoms. The van der Waals surface area contributed by atoms with Crippen molar-refractivity contribution in [2.75, 3.05) is 7.11 Å². The van der Waals surface area contributed by atoms with Gasteiger partial charge in [0.05, 0.1) is 7.11 Å². The lowest BCUT2D eigenvalue weighted by molar-refractivity contribution is 0.399. The highest BCUT2D eigenvalue weighted by Gasteiger charge is 2.14. The second-order valence-corrected chi connectivity index (χ2v) is 5.79. The summed E-state index contributed by atoms with van der Waals surface area (Å²) in [5.74, 6) is 0.975. The minimum Gasteiger partial charge on any atom is -0.496 e. The summed E-state index contributed by atoms with van der Waals surface area (Å²) in [5, 5.41) is 0. The zero-order chi connectivity index (χ0) is 15.0. The Bertz CT molecular complexity index is 401. The standard InChI is InChI=1S/C18H31NO/c1-5-6-7-8-9-10-11-17(19)16-13-12-14(2)15(3)18(16)20-4/h12-13,17H,5-11,19H2,1-4H3. The molecule has 1 unspecified atom stereocenters.